The number of hydrogen-bond acceptors (Lipinski definition) is 4. The van der Waals surface area contributed by atoms with Crippen LogP contribution in [0.1, 0.15) is 136 Å². The van der Waals surface area contributed by atoms with E-state index in [9.17, 15) is 9.59 Å². The fraction of sp³-hybridized carbons (Fsp3) is 0.765. The summed E-state index contributed by atoms with van der Waals surface area (Å²) in [5.41, 5.74) is 1.77. The minimum Gasteiger partial charge on any atom is -0.493 e. The number of rotatable bonds is 15. The lowest BCUT2D eigenvalue weighted by molar-refractivity contribution is -0.147. The van der Waals surface area contributed by atoms with Crippen molar-refractivity contribution >= 4 is 11.6 Å². The van der Waals surface area contributed by atoms with Gasteiger partial charge in [-0.25, -0.2) is 0 Å². The van der Waals surface area contributed by atoms with Crippen LogP contribution in [0, 0.1) is 29.6 Å². The molecule has 2 fully saturated rings. The second-order valence-electron chi connectivity index (χ2n) is 13.2. The third-order valence-corrected chi connectivity index (χ3v) is 9.47. The smallest absolute Gasteiger partial charge is 0.137 e. The Morgan fingerprint density at radius 2 is 1.55 bits per heavy atom. The SMILES string of the molecule is CCOc1cc([C@@H](C)C(CCCCC2CCCCC2)C(=O)CC2(C(C)=O)CC(C)(C)C2)cc(OCC)c1C. The maximum atomic E-state index is 14.1. The molecule has 0 N–H and O–H groups in total. The maximum absolute atomic E-state index is 14.1. The fourth-order valence-corrected chi connectivity index (χ4v) is 7.49. The van der Waals surface area contributed by atoms with E-state index in [2.05, 4.69) is 32.9 Å². The Hall–Kier alpha value is -1.84. The predicted molar refractivity (Wildman–Crippen MR) is 156 cm³/mol. The van der Waals surface area contributed by atoms with E-state index >= 15 is 0 Å². The van der Waals surface area contributed by atoms with Crippen molar-refractivity contribution < 1.29 is 19.1 Å². The second kappa shape index (κ2) is 13.5. The summed E-state index contributed by atoms with van der Waals surface area (Å²) in [6.07, 6.45) is 13.3. The number of Topliss-reactive ketones (excluding diaryl/α,β-unsaturated/α-hetero) is 2. The summed E-state index contributed by atoms with van der Waals surface area (Å²) in [6, 6.07) is 4.23. The molecule has 4 heteroatoms. The number of ketones is 2. The van der Waals surface area contributed by atoms with Gasteiger partial charge in [0.1, 0.15) is 23.1 Å². The first kappa shape index (κ1) is 30.7. The van der Waals surface area contributed by atoms with Gasteiger partial charge in [0.2, 0.25) is 0 Å². The van der Waals surface area contributed by atoms with Crippen molar-refractivity contribution in [2.24, 2.45) is 22.7 Å². The lowest BCUT2D eigenvalue weighted by atomic mass is 9.51. The van der Waals surface area contributed by atoms with E-state index in [0.717, 1.165) is 54.2 Å². The molecule has 0 radical (unpaired) electrons. The zero-order chi connectivity index (χ0) is 27.9. The molecule has 0 aromatic heterocycles. The Morgan fingerprint density at radius 1 is 0.974 bits per heavy atom. The van der Waals surface area contributed by atoms with Crippen molar-refractivity contribution in [1.29, 1.82) is 0 Å². The van der Waals surface area contributed by atoms with Gasteiger partial charge >= 0.3 is 0 Å². The molecule has 0 heterocycles. The molecule has 0 bridgehead atoms. The summed E-state index contributed by atoms with van der Waals surface area (Å²) < 4.78 is 11.9. The summed E-state index contributed by atoms with van der Waals surface area (Å²) in [4.78, 5) is 26.8. The van der Waals surface area contributed by atoms with Crippen LogP contribution in [0.2, 0.25) is 0 Å². The predicted octanol–water partition coefficient (Wildman–Crippen LogP) is 9.01. The fourth-order valence-electron chi connectivity index (χ4n) is 7.49. The van der Waals surface area contributed by atoms with Crippen molar-refractivity contribution in [3.8, 4) is 11.5 Å². The van der Waals surface area contributed by atoms with E-state index in [1.54, 1.807) is 6.92 Å². The van der Waals surface area contributed by atoms with Gasteiger partial charge in [0, 0.05) is 23.3 Å². The van der Waals surface area contributed by atoms with Crippen LogP contribution in [0.25, 0.3) is 0 Å². The molecule has 0 spiro atoms. The number of ether oxygens (including phenoxy) is 2. The van der Waals surface area contributed by atoms with Crippen LogP contribution >= 0.6 is 0 Å². The highest BCUT2D eigenvalue weighted by Gasteiger charge is 2.53. The van der Waals surface area contributed by atoms with E-state index < -0.39 is 5.41 Å². The molecule has 2 atom stereocenters. The van der Waals surface area contributed by atoms with Gasteiger partial charge in [-0.1, -0.05) is 72.1 Å². The van der Waals surface area contributed by atoms with Crippen LogP contribution < -0.4 is 9.47 Å². The van der Waals surface area contributed by atoms with Crippen molar-refractivity contribution in [1.82, 2.24) is 0 Å². The average Bonchev–Trinajstić information content (AvgIpc) is 2.85. The van der Waals surface area contributed by atoms with Gasteiger partial charge in [-0.3, -0.25) is 9.59 Å². The first-order chi connectivity index (χ1) is 18.0. The van der Waals surface area contributed by atoms with Gasteiger partial charge in [0.05, 0.1) is 13.2 Å². The van der Waals surface area contributed by atoms with E-state index in [-0.39, 0.29) is 28.8 Å². The van der Waals surface area contributed by atoms with Crippen LogP contribution in [0.4, 0.5) is 0 Å². The Bertz CT molecular complexity index is 905. The van der Waals surface area contributed by atoms with Gasteiger partial charge < -0.3 is 9.47 Å². The van der Waals surface area contributed by atoms with E-state index in [0.29, 0.717) is 19.6 Å². The number of hydrogen-bond donors (Lipinski definition) is 0. The van der Waals surface area contributed by atoms with Gasteiger partial charge in [0.15, 0.2) is 0 Å². The lowest BCUT2D eigenvalue weighted by Gasteiger charge is -2.52. The van der Waals surface area contributed by atoms with Crippen molar-refractivity contribution in [2.75, 3.05) is 13.2 Å². The zero-order valence-corrected chi connectivity index (χ0v) is 25.4. The van der Waals surface area contributed by atoms with Gasteiger partial charge in [0.25, 0.3) is 0 Å². The van der Waals surface area contributed by atoms with Crippen LogP contribution in [0.15, 0.2) is 12.1 Å². The molecular weight excluding hydrogens is 472 g/mol. The van der Waals surface area contributed by atoms with Crippen LogP contribution in [-0.4, -0.2) is 24.8 Å². The Balaban J connectivity index is 1.82. The molecule has 0 aliphatic heterocycles. The maximum Gasteiger partial charge on any atom is 0.137 e. The third-order valence-electron chi connectivity index (χ3n) is 9.47. The Kier molecular flexibility index (Phi) is 10.9. The highest BCUT2D eigenvalue weighted by molar-refractivity contribution is 5.92. The summed E-state index contributed by atoms with van der Waals surface area (Å²) >= 11 is 0. The van der Waals surface area contributed by atoms with Gasteiger partial charge in [-0.15, -0.1) is 0 Å². The molecule has 1 aromatic carbocycles. The first-order valence-electron chi connectivity index (χ1n) is 15.5. The summed E-state index contributed by atoms with van der Waals surface area (Å²) in [5, 5.41) is 0. The largest absolute Gasteiger partial charge is 0.493 e. The monoisotopic (exact) mass is 526 g/mol. The Morgan fingerprint density at radius 3 is 2.05 bits per heavy atom. The highest BCUT2D eigenvalue weighted by atomic mass is 16.5. The van der Waals surface area contributed by atoms with Crippen molar-refractivity contribution in [3.63, 3.8) is 0 Å². The molecule has 1 aromatic rings. The average molecular weight is 527 g/mol. The topological polar surface area (TPSA) is 52.6 Å². The number of benzene rings is 1. The first-order valence-corrected chi connectivity index (χ1v) is 15.5. The molecule has 0 amide bonds. The van der Waals surface area contributed by atoms with Crippen molar-refractivity contribution in [3.05, 3.63) is 23.3 Å². The number of carbonyl (C=O) groups is 2. The molecule has 1 unspecified atom stereocenters. The standard InChI is InChI=1S/C34H54O4/c1-8-37-31-19-28(20-32(25(31)4)38-9-2)24(3)29(18-14-13-17-27-15-11-10-12-16-27)30(36)21-34(26(5)35)22-33(6,7)23-34/h19-20,24,27,29H,8-18,21-23H2,1-7H3/t24-,29?/m1/s1. The minimum atomic E-state index is -0.471. The van der Waals surface area contributed by atoms with Crippen LogP contribution in [-0.2, 0) is 9.59 Å². The molecule has 214 valence electrons. The molecule has 4 nitrogen and oxygen atoms in total. The van der Waals surface area contributed by atoms with Gasteiger partial charge in [-0.05, 0) is 81.9 Å². The molecule has 2 aliphatic rings. The molecular formula is C34H54O4. The number of carbonyl (C=O) groups excluding carboxylic acids is 2. The lowest BCUT2D eigenvalue weighted by Crippen LogP contribution is -2.49. The zero-order valence-electron chi connectivity index (χ0n) is 25.4. The molecule has 38 heavy (non-hydrogen) atoms. The van der Waals surface area contributed by atoms with Crippen LogP contribution in [0.3, 0.4) is 0 Å². The molecule has 2 aliphatic carbocycles. The van der Waals surface area contributed by atoms with Crippen molar-refractivity contribution in [2.45, 2.75) is 131 Å². The summed E-state index contributed by atoms with van der Waals surface area (Å²) in [7, 11) is 0. The normalized spacial score (nSPS) is 20.3. The van der Waals surface area contributed by atoms with Crippen LogP contribution in [0.5, 0.6) is 11.5 Å². The molecule has 3 rings (SSSR count). The summed E-state index contributed by atoms with van der Waals surface area (Å²) in [6.45, 7) is 15.5. The van der Waals surface area contributed by atoms with E-state index in [1.807, 2.05) is 20.8 Å². The number of unbranched alkanes of at least 4 members (excludes halogenated alkanes) is 1. The van der Waals surface area contributed by atoms with Gasteiger partial charge in [-0.2, -0.15) is 0 Å². The Labute approximate surface area is 232 Å². The second-order valence-corrected chi connectivity index (χ2v) is 13.2. The third kappa shape index (κ3) is 7.63. The van der Waals surface area contributed by atoms with E-state index in [1.165, 1.54) is 44.9 Å². The minimum absolute atomic E-state index is 0.0355. The molecule has 0 saturated heterocycles. The summed E-state index contributed by atoms with van der Waals surface area (Å²) in [5.74, 6) is 2.92. The van der Waals surface area contributed by atoms with E-state index in [4.69, 9.17) is 9.47 Å². The highest BCUT2D eigenvalue weighted by Crippen LogP contribution is 2.57. The quantitative estimate of drug-likeness (QED) is 0.214. The molecule has 2 saturated carbocycles.